The molecule has 94 valence electrons. The largest absolute Gasteiger partial charge is 0.308 e. The molecule has 1 atom stereocenters. The van der Waals surface area contributed by atoms with Crippen molar-refractivity contribution in [3.05, 3.63) is 35.4 Å². The fourth-order valence-electron chi connectivity index (χ4n) is 2.81. The Kier molecular flexibility index (Phi) is 4.22. The molecule has 1 aliphatic rings. The molecule has 1 heteroatoms. The van der Waals surface area contributed by atoms with E-state index in [4.69, 9.17) is 0 Å². The number of aryl methyl sites for hydroxylation is 1. The van der Waals surface area contributed by atoms with Crippen LogP contribution in [0.5, 0.6) is 0 Å². The molecular weight excluding hydrogens is 206 g/mol. The van der Waals surface area contributed by atoms with Crippen LogP contribution < -0.4 is 5.32 Å². The molecule has 0 aromatic heterocycles. The van der Waals surface area contributed by atoms with E-state index in [1.165, 1.54) is 49.7 Å². The normalized spacial score (nSPS) is 25.5. The van der Waals surface area contributed by atoms with E-state index in [1.807, 2.05) is 0 Å². The summed E-state index contributed by atoms with van der Waals surface area (Å²) < 4.78 is 0. The van der Waals surface area contributed by atoms with Gasteiger partial charge in [0.05, 0.1) is 0 Å². The molecule has 1 heterocycles. The van der Waals surface area contributed by atoms with Gasteiger partial charge in [0.15, 0.2) is 0 Å². The standard InChI is InChI=1S/C16H25N/c1-3-7-14-8-10-15(11-9-14)16(2)12-5-4-6-13-17-16/h8-11,17H,3-7,12-13H2,1-2H3. The number of hydrogen-bond acceptors (Lipinski definition) is 1. The van der Waals surface area contributed by atoms with Crippen LogP contribution in [0.2, 0.25) is 0 Å². The molecule has 0 bridgehead atoms. The first-order valence-corrected chi connectivity index (χ1v) is 7.09. The molecule has 0 amide bonds. The van der Waals surface area contributed by atoms with Crippen LogP contribution in [0.1, 0.15) is 57.1 Å². The molecule has 1 N–H and O–H groups in total. The Morgan fingerprint density at radius 3 is 2.59 bits per heavy atom. The quantitative estimate of drug-likeness (QED) is 0.828. The smallest absolute Gasteiger partial charge is 0.0406 e. The molecule has 1 nitrogen and oxygen atoms in total. The van der Waals surface area contributed by atoms with Crippen LogP contribution in [0, 0.1) is 0 Å². The average Bonchev–Trinajstić information content (AvgIpc) is 2.56. The van der Waals surface area contributed by atoms with Gasteiger partial charge in [0.2, 0.25) is 0 Å². The Hall–Kier alpha value is -0.820. The van der Waals surface area contributed by atoms with Crippen LogP contribution >= 0.6 is 0 Å². The summed E-state index contributed by atoms with van der Waals surface area (Å²) >= 11 is 0. The fourth-order valence-corrected chi connectivity index (χ4v) is 2.81. The molecule has 1 unspecified atom stereocenters. The van der Waals surface area contributed by atoms with Crippen molar-refractivity contribution in [2.75, 3.05) is 6.54 Å². The van der Waals surface area contributed by atoms with Gasteiger partial charge < -0.3 is 5.32 Å². The van der Waals surface area contributed by atoms with Crippen LogP contribution in [0.3, 0.4) is 0 Å². The molecule has 0 aliphatic carbocycles. The lowest BCUT2D eigenvalue weighted by Crippen LogP contribution is -2.38. The first-order chi connectivity index (χ1) is 8.24. The highest BCUT2D eigenvalue weighted by atomic mass is 15.0. The van der Waals surface area contributed by atoms with Gasteiger partial charge >= 0.3 is 0 Å². The molecule has 1 aliphatic heterocycles. The third-order valence-corrected chi connectivity index (χ3v) is 4.00. The van der Waals surface area contributed by atoms with Gasteiger partial charge in [-0.05, 0) is 43.9 Å². The topological polar surface area (TPSA) is 12.0 Å². The lowest BCUT2D eigenvalue weighted by atomic mass is 9.87. The SMILES string of the molecule is CCCc1ccc(C2(C)CCCCCN2)cc1. The molecule has 1 aromatic rings. The van der Waals surface area contributed by atoms with Gasteiger partial charge in [0, 0.05) is 5.54 Å². The Labute approximate surface area is 106 Å². The van der Waals surface area contributed by atoms with Gasteiger partial charge in [-0.3, -0.25) is 0 Å². The Morgan fingerprint density at radius 1 is 1.12 bits per heavy atom. The highest BCUT2D eigenvalue weighted by Crippen LogP contribution is 2.29. The van der Waals surface area contributed by atoms with Gasteiger partial charge in [-0.1, -0.05) is 50.5 Å². The highest BCUT2D eigenvalue weighted by molar-refractivity contribution is 5.28. The van der Waals surface area contributed by atoms with E-state index in [-0.39, 0.29) is 5.54 Å². The summed E-state index contributed by atoms with van der Waals surface area (Å²) in [4.78, 5) is 0. The molecule has 2 rings (SSSR count). The van der Waals surface area contributed by atoms with E-state index >= 15 is 0 Å². The third kappa shape index (κ3) is 3.10. The van der Waals surface area contributed by atoms with Gasteiger partial charge in [-0.25, -0.2) is 0 Å². The third-order valence-electron chi connectivity index (χ3n) is 4.00. The lowest BCUT2D eigenvalue weighted by molar-refractivity contribution is 0.359. The summed E-state index contributed by atoms with van der Waals surface area (Å²) in [7, 11) is 0. The second kappa shape index (κ2) is 5.68. The summed E-state index contributed by atoms with van der Waals surface area (Å²) in [5.74, 6) is 0. The monoisotopic (exact) mass is 231 g/mol. The summed E-state index contributed by atoms with van der Waals surface area (Å²) in [5.41, 5.74) is 3.12. The van der Waals surface area contributed by atoms with E-state index in [9.17, 15) is 0 Å². The first kappa shape index (κ1) is 12.6. The first-order valence-electron chi connectivity index (χ1n) is 7.09. The average molecular weight is 231 g/mol. The maximum atomic E-state index is 3.73. The van der Waals surface area contributed by atoms with Gasteiger partial charge in [0.1, 0.15) is 0 Å². The van der Waals surface area contributed by atoms with Crippen molar-refractivity contribution in [3.8, 4) is 0 Å². The van der Waals surface area contributed by atoms with Crippen LogP contribution in [-0.4, -0.2) is 6.54 Å². The van der Waals surface area contributed by atoms with Crippen molar-refractivity contribution in [2.45, 2.75) is 57.9 Å². The minimum Gasteiger partial charge on any atom is -0.308 e. The number of nitrogens with one attached hydrogen (secondary N) is 1. The van der Waals surface area contributed by atoms with E-state index in [0.717, 1.165) is 6.54 Å². The summed E-state index contributed by atoms with van der Waals surface area (Å²) in [5, 5.41) is 3.73. The molecule has 1 aromatic carbocycles. The van der Waals surface area contributed by atoms with Crippen molar-refractivity contribution in [1.29, 1.82) is 0 Å². The summed E-state index contributed by atoms with van der Waals surface area (Å²) in [6, 6.07) is 9.25. The van der Waals surface area contributed by atoms with E-state index in [0.29, 0.717) is 0 Å². The predicted octanol–water partition coefficient (Wildman–Crippen LogP) is 4.02. The van der Waals surface area contributed by atoms with Crippen LogP contribution in [-0.2, 0) is 12.0 Å². The van der Waals surface area contributed by atoms with Crippen molar-refractivity contribution >= 4 is 0 Å². The minimum atomic E-state index is 0.196. The van der Waals surface area contributed by atoms with E-state index in [2.05, 4.69) is 43.4 Å². The second-order valence-corrected chi connectivity index (χ2v) is 5.52. The number of hydrogen-bond donors (Lipinski definition) is 1. The number of rotatable bonds is 3. The predicted molar refractivity (Wildman–Crippen MR) is 74.3 cm³/mol. The Morgan fingerprint density at radius 2 is 1.88 bits per heavy atom. The van der Waals surface area contributed by atoms with Crippen molar-refractivity contribution in [2.24, 2.45) is 0 Å². The van der Waals surface area contributed by atoms with Crippen LogP contribution in [0.15, 0.2) is 24.3 Å². The molecule has 1 saturated heterocycles. The second-order valence-electron chi connectivity index (χ2n) is 5.52. The van der Waals surface area contributed by atoms with Crippen molar-refractivity contribution in [1.82, 2.24) is 5.32 Å². The zero-order chi connectivity index (χ0) is 12.1. The van der Waals surface area contributed by atoms with Gasteiger partial charge in [-0.2, -0.15) is 0 Å². The maximum absolute atomic E-state index is 3.73. The molecule has 17 heavy (non-hydrogen) atoms. The molecule has 0 radical (unpaired) electrons. The van der Waals surface area contributed by atoms with Crippen LogP contribution in [0.25, 0.3) is 0 Å². The Bertz CT molecular complexity index is 331. The van der Waals surface area contributed by atoms with E-state index < -0.39 is 0 Å². The van der Waals surface area contributed by atoms with Gasteiger partial charge in [-0.15, -0.1) is 0 Å². The summed E-state index contributed by atoms with van der Waals surface area (Å²) in [6.45, 7) is 5.75. The molecule has 0 saturated carbocycles. The minimum absolute atomic E-state index is 0.196. The van der Waals surface area contributed by atoms with Gasteiger partial charge in [0.25, 0.3) is 0 Å². The maximum Gasteiger partial charge on any atom is 0.0406 e. The summed E-state index contributed by atoms with van der Waals surface area (Å²) in [6.07, 6.45) is 7.74. The van der Waals surface area contributed by atoms with Crippen molar-refractivity contribution < 1.29 is 0 Å². The number of benzene rings is 1. The molecule has 1 fully saturated rings. The molecular formula is C16H25N. The zero-order valence-electron chi connectivity index (χ0n) is 11.3. The zero-order valence-corrected chi connectivity index (χ0v) is 11.3. The van der Waals surface area contributed by atoms with Crippen LogP contribution in [0.4, 0.5) is 0 Å². The van der Waals surface area contributed by atoms with Crippen molar-refractivity contribution in [3.63, 3.8) is 0 Å². The van der Waals surface area contributed by atoms with E-state index in [1.54, 1.807) is 0 Å². The highest BCUT2D eigenvalue weighted by Gasteiger charge is 2.26. The molecule has 0 spiro atoms. The Balaban J connectivity index is 2.14. The lowest BCUT2D eigenvalue weighted by Gasteiger charge is -2.30. The fraction of sp³-hybridized carbons (Fsp3) is 0.625.